The van der Waals surface area contributed by atoms with Gasteiger partial charge in [0.15, 0.2) is 0 Å². The summed E-state index contributed by atoms with van der Waals surface area (Å²) in [5.41, 5.74) is 7.49. The van der Waals surface area contributed by atoms with Crippen molar-refractivity contribution in [3.05, 3.63) is 23.8 Å². The number of hydrogen-bond donors (Lipinski definition) is 2. The normalized spacial score (nSPS) is 36.2. The van der Waals surface area contributed by atoms with Crippen LogP contribution in [0.15, 0.2) is 18.2 Å². The van der Waals surface area contributed by atoms with Crippen molar-refractivity contribution in [3.8, 4) is 6.07 Å². The Balaban J connectivity index is 1.48. The van der Waals surface area contributed by atoms with E-state index in [1.165, 1.54) is 19.3 Å². The van der Waals surface area contributed by atoms with Crippen LogP contribution in [0.5, 0.6) is 0 Å². The highest BCUT2D eigenvalue weighted by molar-refractivity contribution is 5.97. The Bertz CT molecular complexity index is 617. The molecule has 0 radical (unpaired) electrons. The SMILES string of the molecule is N#Cc1ccc(NC(=O)C2C3C4CCC(C4)C23)c(N)c1. The third-order valence-electron chi connectivity index (χ3n) is 5.48. The summed E-state index contributed by atoms with van der Waals surface area (Å²) in [5.74, 6) is 3.17. The number of nitrogens with one attached hydrogen (secondary N) is 1. The molecule has 3 fully saturated rings. The van der Waals surface area contributed by atoms with Crippen molar-refractivity contribution in [3.63, 3.8) is 0 Å². The lowest BCUT2D eigenvalue weighted by Crippen LogP contribution is -2.19. The minimum absolute atomic E-state index is 0.119. The van der Waals surface area contributed by atoms with Crippen LogP contribution in [0.1, 0.15) is 24.8 Å². The number of rotatable bonds is 2. The Kier molecular flexibility index (Phi) is 2.35. The topological polar surface area (TPSA) is 78.9 Å². The van der Waals surface area contributed by atoms with Gasteiger partial charge in [-0.1, -0.05) is 0 Å². The van der Waals surface area contributed by atoms with Gasteiger partial charge < -0.3 is 11.1 Å². The van der Waals surface area contributed by atoms with Crippen LogP contribution in [-0.2, 0) is 4.79 Å². The number of amides is 1. The largest absolute Gasteiger partial charge is 0.397 e. The van der Waals surface area contributed by atoms with Crippen LogP contribution in [0.2, 0.25) is 0 Å². The zero-order valence-corrected chi connectivity index (χ0v) is 11.2. The summed E-state index contributed by atoms with van der Waals surface area (Å²) < 4.78 is 0. The lowest BCUT2D eigenvalue weighted by molar-refractivity contribution is -0.118. The lowest BCUT2D eigenvalue weighted by atomic mass is 10.0. The maximum Gasteiger partial charge on any atom is 0.228 e. The molecule has 3 aliphatic carbocycles. The van der Waals surface area contributed by atoms with Crippen molar-refractivity contribution in [2.24, 2.45) is 29.6 Å². The predicted octanol–water partition coefficient (Wildman–Crippen LogP) is 2.37. The van der Waals surface area contributed by atoms with Crippen LogP contribution in [0.25, 0.3) is 0 Å². The molecule has 4 heteroatoms. The van der Waals surface area contributed by atoms with Crippen molar-refractivity contribution in [2.75, 3.05) is 11.1 Å². The molecule has 20 heavy (non-hydrogen) atoms. The highest BCUT2D eigenvalue weighted by atomic mass is 16.2. The van der Waals surface area contributed by atoms with E-state index in [1.54, 1.807) is 18.2 Å². The van der Waals surface area contributed by atoms with E-state index in [9.17, 15) is 4.79 Å². The zero-order valence-electron chi connectivity index (χ0n) is 11.2. The van der Waals surface area contributed by atoms with E-state index in [1.807, 2.05) is 6.07 Å². The first-order valence-corrected chi connectivity index (χ1v) is 7.29. The second kappa shape index (κ2) is 3.99. The molecular formula is C16H17N3O. The average Bonchev–Trinajstić information content (AvgIpc) is 2.90. The van der Waals surface area contributed by atoms with Crippen molar-refractivity contribution in [1.82, 2.24) is 0 Å². The van der Waals surface area contributed by atoms with Crippen molar-refractivity contribution in [2.45, 2.75) is 19.3 Å². The summed E-state index contributed by atoms with van der Waals surface area (Å²) >= 11 is 0. The van der Waals surface area contributed by atoms with Crippen LogP contribution in [-0.4, -0.2) is 5.91 Å². The molecule has 0 heterocycles. The summed E-state index contributed by atoms with van der Waals surface area (Å²) in [6, 6.07) is 7.05. The monoisotopic (exact) mass is 267 g/mol. The van der Waals surface area contributed by atoms with E-state index in [-0.39, 0.29) is 11.8 Å². The van der Waals surface area contributed by atoms with Gasteiger partial charge in [-0.15, -0.1) is 0 Å². The second-order valence-corrected chi connectivity index (χ2v) is 6.42. The molecule has 3 aliphatic rings. The van der Waals surface area contributed by atoms with Crippen LogP contribution in [0.4, 0.5) is 11.4 Å². The van der Waals surface area contributed by atoms with Gasteiger partial charge in [0, 0.05) is 5.92 Å². The first kappa shape index (κ1) is 11.8. The molecule has 0 saturated heterocycles. The quantitative estimate of drug-likeness (QED) is 0.807. The van der Waals surface area contributed by atoms with Gasteiger partial charge in [-0.05, 0) is 61.1 Å². The van der Waals surface area contributed by atoms with Crippen LogP contribution in [0, 0.1) is 40.9 Å². The highest BCUT2D eigenvalue weighted by Crippen LogP contribution is 2.69. The van der Waals surface area contributed by atoms with Crippen molar-refractivity contribution in [1.29, 1.82) is 5.26 Å². The number of hydrogen-bond acceptors (Lipinski definition) is 3. The number of carbonyl (C=O) groups excluding carboxylic acids is 1. The highest BCUT2D eigenvalue weighted by Gasteiger charge is 2.67. The van der Waals surface area contributed by atoms with Crippen molar-refractivity contribution >= 4 is 17.3 Å². The standard InChI is InChI=1S/C16H17N3O/c17-7-8-1-4-12(11(18)5-8)19-16(20)15-13-9-2-3-10(6-9)14(13)15/h1,4-5,9-10,13-15H,2-3,6,18H2,(H,19,20). The van der Waals surface area contributed by atoms with Crippen LogP contribution in [0.3, 0.4) is 0 Å². The number of nitrogen functional groups attached to an aromatic ring is 1. The molecule has 0 aromatic heterocycles. The maximum atomic E-state index is 12.4. The molecule has 1 aromatic carbocycles. The molecular weight excluding hydrogens is 250 g/mol. The van der Waals surface area contributed by atoms with Gasteiger partial charge in [0.2, 0.25) is 5.91 Å². The van der Waals surface area contributed by atoms with E-state index < -0.39 is 0 Å². The molecule has 0 aliphatic heterocycles. The number of nitriles is 1. The van der Waals surface area contributed by atoms with Gasteiger partial charge in [-0.3, -0.25) is 4.79 Å². The molecule has 1 amide bonds. The summed E-state index contributed by atoms with van der Waals surface area (Å²) in [6.07, 6.45) is 3.97. The Hall–Kier alpha value is -2.02. The van der Waals surface area contributed by atoms with Crippen molar-refractivity contribution < 1.29 is 4.79 Å². The van der Waals surface area contributed by atoms with E-state index in [4.69, 9.17) is 11.0 Å². The molecule has 4 atom stereocenters. The summed E-state index contributed by atoms with van der Waals surface area (Å²) in [7, 11) is 0. The van der Waals surface area contributed by atoms with Gasteiger partial charge in [-0.2, -0.15) is 5.26 Å². The lowest BCUT2D eigenvalue weighted by Gasteiger charge is -2.11. The Morgan fingerprint density at radius 1 is 1.30 bits per heavy atom. The summed E-state index contributed by atoms with van der Waals surface area (Å²) in [4.78, 5) is 12.4. The number of fused-ring (bicyclic) bond motifs is 5. The Morgan fingerprint density at radius 2 is 2.00 bits per heavy atom. The minimum Gasteiger partial charge on any atom is -0.397 e. The fourth-order valence-electron chi connectivity index (χ4n) is 4.64. The van der Waals surface area contributed by atoms with Gasteiger partial charge in [0.1, 0.15) is 0 Å². The number of carbonyl (C=O) groups is 1. The fourth-order valence-corrected chi connectivity index (χ4v) is 4.64. The fraction of sp³-hybridized carbons (Fsp3) is 0.500. The summed E-state index contributed by atoms with van der Waals surface area (Å²) in [6.45, 7) is 0. The van der Waals surface area contributed by atoms with Gasteiger partial charge in [0.25, 0.3) is 0 Å². The summed E-state index contributed by atoms with van der Waals surface area (Å²) in [5, 5.41) is 11.8. The third-order valence-corrected chi connectivity index (χ3v) is 5.48. The van der Waals surface area contributed by atoms with Gasteiger partial charge >= 0.3 is 0 Å². The van der Waals surface area contributed by atoms with E-state index in [0.29, 0.717) is 28.8 Å². The molecule has 4 nitrogen and oxygen atoms in total. The molecule has 2 bridgehead atoms. The molecule has 3 N–H and O–H groups in total. The first-order valence-electron chi connectivity index (χ1n) is 7.29. The maximum absolute atomic E-state index is 12.4. The van der Waals surface area contributed by atoms with Crippen LogP contribution < -0.4 is 11.1 Å². The number of anilines is 2. The molecule has 0 spiro atoms. The number of benzene rings is 1. The minimum atomic E-state index is 0.119. The van der Waals surface area contributed by atoms with E-state index in [0.717, 1.165) is 11.8 Å². The third kappa shape index (κ3) is 1.56. The molecule has 4 rings (SSSR count). The smallest absolute Gasteiger partial charge is 0.228 e. The van der Waals surface area contributed by atoms with Gasteiger partial charge in [-0.25, -0.2) is 0 Å². The zero-order chi connectivity index (χ0) is 13.9. The second-order valence-electron chi connectivity index (χ2n) is 6.42. The predicted molar refractivity (Wildman–Crippen MR) is 75.5 cm³/mol. The average molecular weight is 267 g/mol. The molecule has 1 aromatic rings. The van der Waals surface area contributed by atoms with Gasteiger partial charge in [0.05, 0.1) is 23.0 Å². The van der Waals surface area contributed by atoms with E-state index >= 15 is 0 Å². The molecule has 3 saturated carbocycles. The van der Waals surface area contributed by atoms with E-state index in [2.05, 4.69) is 5.32 Å². The number of nitrogens with two attached hydrogens (primary N) is 1. The van der Waals surface area contributed by atoms with Crippen LogP contribution >= 0.6 is 0 Å². The number of nitrogens with zero attached hydrogens (tertiary/aromatic N) is 1. The first-order chi connectivity index (χ1) is 9.69. The Morgan fingerprint density at radius 3 is 2.60 bits per heavy atom. The molecule has 102 valence electrons. The Labute approximate surface area is 118 Å². The molecule has 4 unspecified atom stereocenters.